The molecule has 22 heteroatoms. The van der Waals surface area contributed by atoms with E-state index < -0.39 is 122 Å². The molecule has 3 aromatic carbocycles. The van der Waals surface area contributed by atoms with E-state index in [2.05, 4.69) is 0 Å². The van der Waals surface area contributed by atoms with E-state index in [1.54, 1.807) is 0 Å². The van der Waals surface area contributed by atoms with Crippen LogP contribution in [0.3, 0.4) is 0 Å². The quantitative estimate of drug-likeness (QED) is 0.0412. The summed E-state index contributed by atoms with van der Waals surface area (Å²) in [5, 5.41) is 115. The van der Waals surface area contributed by atoms with E-state index >= 15 is 0 Å². The summed E-state index contributed by atoms with van der Waals surface area (Å²) in [5.74, 6) is -6.41. The number of aliphatic hydroxyl groups is 6. The van der Waals surface area contributed by atoms with Gasteiger partial charge in [-0.2, -0.15) is 0 Å². The van der Waals surface area contributed by atoms with Crippen molar-refractivity contribution in [2.75, 3.05) is 20.3 Å². The minimum Gasteiger partial charge on any atom is -0.508 e. The van der Waals surface area contributed by atoms with Crippen LogP contribution in [0.5, 0.6) is 40.2 Å². The number of carboxylic acid groups (broad SMARTS) is 1. The summed E-state index contributed by atoms with van der Waals surface area (Å²) >= 11 is 0. The van der Waals surface area contributed by atoms with E-state index in [9.17, 15) is 65.4 Å². The van der Waals surface area contributed by atoms with Crippen LogP contribution >= 0.6 is 0 Å². The number of aromatic hydroxyl groups is 4. The van der Waals surface area contributed by atoms with Crippen molar-refractivity contribution in [2.24, 2.45) is 0 Å². The number of phenolic OH excluding ortho intramolecular Hbond substituents is 4. The lowest BCUT2D eigenvalue weighted by Gasteiger charge is -2.41. The summed E-state index contributed by atoms with van der Waals surface area (Å²) in [6, 6.07) is 10.3. The number of benzene rings is 3. The summed E-state index contributed by atoms with van der Waals surface area (Å²) in [4.78, 5) is 35.3. The lowest BCUT2D eigenvalue weighted by atomic mass is 9.98. The number of hydrogen-bond acceptors (Lipinski definition) is 21. The molecule has 0 spiro atoms. The largest absolute Gasteiger partial charge is 0.508 e. The number of hydrogen-bond donors (Lipinski definition) is 11. The second kappa shape index (κ2) is 19.1. The van der Waals surface area contributed by atoms with Crippen LogP contribution < -0.4 is 14.2 Å². The zero-order chi connectivity index (χ0) is 45.0. The summed E-state index contributed by atoms with van der Waals surface area (Å²) < 4.78 is 44.7. The van der Waals surface area contributed by atoms with Gasteiger partial charge in [0.15, 0.2) is 17.6 Å². The highest BCUT2D eigenvalue weighted by molar-refractivity contribution is 5.90. The first-order valence-electron chi connectivity index (χ1n) is 18.5. The van der Waals surface area contributed by atoms with Gasteiger partial charge in [-0.3, -0.25) is 9.59 Å². The average molecular weight is 875 g/mol. The molecule has 0 aromatic heterocycles. The van der Waals surface area contributed by atoms with Crippen molar-refractivity contribution in [3.05, 3.63) is 77.1 Å². The Balaban J connectivity index is 1.29. The van der Waals surface area contributed by atoms with Crippen LogP contribution in [-0.4, -0.2) is 156 Å². The van der Waals surface area contributed by atoms with E-state index in [4.69, 9.17) is 43.0 Å². The smallest absolute Gasteiger partial charge is 0.330 e. The summed E-state index contributed by atoms with van der Waals surface area (Å²) in [6.07, 6.45) is -17.1. The van der Waals surface area contributed by atoms with Crippen LogP contribution in [0.4, 0.5) is 0 Å². The van der Waals surface area contributed by atoms with Gasteiger partial charge >= 0.3 is 17.9 Å². The first kappa shape index (κ1) is 45.2. The Morgan fingerprint density at radius 2 is 1.32 bits per heavy atom. The minimum atomic E-state index is -1.98. The molecule has 0 saturated carbocycles. The number of aliphatic carboxylic acids is 1. The molecule has 1 unspecified atom stereocenters. The zero-order valence-electron chi connectivity index (χ0n) is 32.2. The fraction of sp³-hybridized carbons (Fsp3) is 0.375. The van der Waals surface area contributed by atoms with E-state index in [0.29, 0.717) is 5.56 Å². The Kier molecular flexibility index (Phi) is 13.9. The Morgan fingerprint density at radius 1 is 0.710 bits per heavy atom. The number of phenols is 4. The second-order valence-electron chi connectivity index (χ2n) is 14.1. The summed E-state index contributed by atoms with van der Waals surface area (Å²) in [7, 11) is 1.20. The van der Waals surface area contributed by atoms with Gasteiger partial charge in [0.25, 0.3) is 0 Å². The second-order valence-corrected chi connectivity index (χ2v) is 14.1. The molecule has 0 radical (unpaired) electrons. The number of rotatable bonds is 14. The van der Waals surface area contributed by atoms with Crippen LogP contribution in [0.2, 0.25) is 0 Å². The maximum atomic E-state index is 12.5. The molecule has 3 heterocycles. The molecule has 334 valence electrons. The molecule has 6 rings (SSSR count). The molecule has 0 bridgehead atoms. The van der Waals surface area contributed by atoms with Crippen molar-refractivity contribution in [1.29, 1.82) is 0 Å². The third-order valence-corrected chi connectivity index (χ3v) is 9.71. The van der Waals surface area contributed by atoms with Gasteiger partial charge in [0.1, 0.15) is 97.2 Å². The molecule has 11 atom stereocenters. The number of carbonyl (C=O) groups is 3. The number of fused-ring (bicyclic) bond motifs is 1. The van der Waals surface area contributed by atoms with Gasteiger partial charge in [0, 0.05) is 23.8 Å². The van der Waals surface area contributed by atoms with Crippen LogP contribution in [0.15, 0.2) is 60.4 Å². The Morgan fingerprint density at radius 3 is 1.94 bits per heavy atom. The third kappa shape index (κ3) is 10.2. The molecule has 3 aromatic rings. The Hall–Kier alpha value is -6.37. The van der Waals surface area contributed by atoms with Gasteiger partial charge in [0.05, 0.1) is 12.7 Å². The molecule has 0 amide bonds. The van der Waals surface area contributed by atoms with Crippen molar-refractivity contribution in [3.8, 4) is 40.2 Å². The van der Waals surface area contributed by atoms with Crippen molar-refractivity contribution < 1.29 is 108 Å². The molecule has 3 aliphatic heterocycles. The van der Waals surface area contributed by atoms with Gasteiger partial charge in [-0.25, -0.2) is 4.79 Å². The van der Waals surface area contributed by atoms with E-state index in [1.165, 1.54) is 49.6 Å². The molecule has 3 aliphatic rings. The fourth-order valence-corrected chi connectivity index (χ4v) is 6.45. The third-order valence-electron chi connectivity index (χ3n) is 9.71. The summed E-state index contributed by atoms with van der Waals surface area (Å²) in [5.41, 5.74) is 0.491. The molecule has 22 nitrogen and oxygen atoms in total. The first-order chi connectivity index (χ1) is 29.4. The number of aliphatic hydroxyl groups excluding tert-OH is 6. The van der Waals surface area contributed by atoms with Gasteiger partial charge in [-0.15, -0.1) is 0 Å². The van der Waals surface area contributed by atoms with Crippen LogP contribution in [0.1, 0.15) is 29.2 Å². The van der Waals surface area contributed by atoms with Gasteiger partial charge in [0.2, 0.25) is 18.3 Å². The fourth-order valence-electron chi connectivity index (χ4n) is 6.45. The van der Waals surface area contributed by atoms with Crippen LogP contribution in [0, 0.1) is 0 Å². The molecule has 2 fully saturated rings. The number of ether oxygens (including phenoxy) is 8. The molecule has 0 aliphatic carbocycles. The van der Waals surface area contributed by atoms with Crippen molar-refractivity contribution in [2.45, 2.75) is 73.9 Å². The monoisotopic (exact) mass is 874 g/mol. The Labute approximate surface area is 349 Å². The zero-order valence-corrected chi connectivity index (χ0v) is 32.2. The first-order valence-corrected chi connectivity index (χ1v) is 18.5. The number of carboxylic acids is 1. The van der Waals surface area contributed by atoms with Crippen molar-refractivity contribution in [1.82, 2.24) is 0 Å². The maximum absolute atomic E-state index is 12.5. The number of carbonyl (C=O) groups excluding carboxylic acids is 2. The van der Waals surface area contributed by atoms with Crippen LogP contribution in [0.25, 0.3) is 12.2 Å². The molecular formula is C40H42O22. The predicted molar refractivity (Wildman–Crippen MR) is 202 cm³/mol. The predicted octanol–water partition coefficient (Wildman–Crippen LogP) is -0.723. The molecular weight excluding hydrogens is 832 g/mol. The lowest BCUT2D eigenvalue weighted by Crippen LogP contribution is -2.60. The van der Waals surface area contributed by atoms with Crippen LogP contribution in [-0.2, 0) is 38.1 Å². The van der Waals surface area contributed by atoms with Gasteiger partial charge < -0.3 is 94.1 Å². The number of methoxy groups -OCH3 is 1. The van der Waals surface area contributed by atoms with Gasteiger partial charge in [-0.1, -0.05) is 12.1 Å². The maximum Gasteiger partial charge on any atom is 0.330 e. The van der Waals surface area contributed by atoms with E-state index in [1.807, 2.05) is 0 Å². The standard InChI is InChI=1S/C40H42O22/c1-55-24-9-17(8-21(43)31(24)48)38-25(60-40-37(54)35(52)32(49)26(62-40)14-56-29(46)7-4-16-2-5-18(41)6-3-16)12-20-22(58-38)10-19(42)11-23(20)59-39-36(53)34(51)33(50)27(61-39)15-57-30(47)13-28(44)45/h2-12,26-27,32-43,48-54H,13-15H2,1H3,(H,44,45)/b7-4+/t26-,27-,32+,33+,34+,35-,36-,37-,38?,39-,40-/m1/s1. The minimum absolute atomic E-state index is 0.00991. The molecule has 2 saturated heterocycles. The SMILES string of the molecule is COc1cc(C2Oc3cc(O)cc(O[C@@H]4O[C@H](COC(=O)CC(=O)O)[C@H](O)[C@H](O)[C@H]4O)c3C=C2O[C@@H]2O[C@H](COC(=O)/C=C/c3ccc(O)cc3)[C@H](O)[C@@H](O)[C@H]2O)cc(O)c1O. The molecule has 11 N–H and O–H groups in total. The summed E-state index contributed by atoms with van der Waals surface area (Å²) in [6.45, 7) is -1.43. The topological polar surface area (TPSA) is 348 Å². The highest BCUT2D eigenvalue weighted by atomic mass is 16.7. The van der Waals surface area contributed by atoms with E-state index in [-0.39, 0.29) is 39.9 Å². The number of esters is 2. The van der Waals surface area contributed by atoms with Gasteiger partial charge in [-0.05, 0) is 42.0 Å². The van der Waals surface area contributed by atoms with Crippen molar-refractivity contribution >= 4 is 30.1 Å². The molecule has 62 heavy (non-hydrogen) atoms. The normalized spacial score (nSPS) is 28.2. The lowest BCUT2D eigenvalue weighted by molar-refractivity contribution is -0.294. The average Bonchev–Trinajstić information content (AvgIpc) is 3.23. The van der Waals surface area contributed by atoms with E-state index in [0.717, 1.165) is 24.3 Å². The highest BCUT2D eigenvalue weighted by Gasteiger charge is 2.48. The Bertz CT molecular complexity index is 2170. The highest BCUT2D eigenvalue weighted by Crippen LogP contribution is 2.48. The van der Waals surface area contributed by atoms with Crippen molar-refractivity contribution in [3.63, 3.8) is 0 Å².